The molecule has 7 nitrogen and oxygen atoms in total. The maximum Gasteiger partial charge on any atom is 0.270 e. The summed E-state index contributed by atoms with van der Waals surface area (Å²) in [6, 6.07) is 7.66. The second kappa shape index (κ2) is 8.65. The molecule has 0 radical (unpaired) electrons. The highest BCUT2D eigenvalue weighted by Crippen LogP contribution is 2.36. The van der Waals surface area contributed by atoms with Gasteiger partial charge in [-0.15, -0.1) is 0 Å². The fourth-order valence-corrected chi connectivity index (χ4v) is 4.09. The van der Waals surface area contributed by atoms with Crippen molar-refractivity contribution in [1.82, 2.24) is 20.6 Å². The lowest BCUT2D eigenvalue weighted by molar-refractivity contribution is 0.0945. The Morgan fingerprint density at radius 2 is 2.14 bits per heavy atom. The summed E-state index contributed by atoms with van der Waals surface area (Å²) in [7, 11) is 0. The summed E-state index contributed by atoms with van der Waals surface area (Å²) in [6.07, 6.45) is 2.51. The molecule has 154 valence electrons. The molecule has 0 bridgehead atoms. The summed E-state index contributed by atoms with van der Waals surface area (Å²) in [5.41, 5.74) is 8.85. The number of anilines is 1. The molecule has 1 aliphatic carbocycles. The summed E-state index contributed by atoms with van der Waals surface area (Å²) in [6.45, 7) is 5.35. The molecule has 1 aromatic heterocycles. The zero-order chi connectivity index (χ0) is 20.4. The molecule has 2 aromatic rings. The minimum Gasteiger partial charge on any atom is -0.347 e. The third-order valence-electron chi connectivity index (χ3n) is 5.61. The van der Waals surface area contributed by atoms with E-state index < -0.39 is 0 Å². The van der Waals surface area contributed by atoms with Gasteiger partial charge in [0.15, 0.2) is 0 Å². The van der Waals surface area contributed by atoms with Gasteiger partial charge in [0, 0.05) is 49.5 Å². The number of aryl methyl sites for hydroxylation is 1. The second-order valence-corrected chi connectivity index (χ2v) is 8.23. The average Bonchev–Trinajstić information content (AvgIpc) is 3.57. The first-order valence-corrected chi connectivity index (χ1v) is 10.5. The monoisotopic (exact) mass is 414 g/mol. The molecule has 1 aliphatic heterocycles. The van der Waals surface area contributed by atoms with Gasteiger partial charge in [0.05, 0.1) is 0 Å². The third-order valence-corrected chi connectivity index (χ3v) is 5.84. The average molecular weight is 415 g/mol. The molecule has 1 amide bonds. The Balaban J connectivity index is 1.51. The number of hydrogen-bond acceptors (Lipinski definition) is 6. The highest BCUT2D eigenvalue weighted by Gasteiger charge is 2.37. The van der Waals surface area contributed by atoms with Crippen molar-refractivity contribution in [3.63, 3.8) is 0 Å². The van der Waals surface area contributed by atoms with Crippen molar-refractivity contribution in [3.8, 4) is 0 Å². The van der Waals surface area contributed by atoms with E-state index in [9.17, 15) is 4.79 Å². The molecular weight excluding hydrogens is 388 g/mol. The Morgan fingerprint density at radius 1 is 1.31 bits per heavy atom. The summed E-state index contributed by atoms with van der Waals surface area (Å²) >= 11 is 6.09. The lowest BCUT2D eigenvalue weighted by Gasteiger charge is -2.36. The zero-order valence-electron chi connectivity index (χ0n) is 16.6. The van der Waals surface area contributed by atoms with Crippen LogP contribution in [-0.2, 0) is 13.1 Å². The van der Waals surface area contributed by atoms with Crippen LogP contribution >= 0.6 is 11.6 Å². The molecule has 1 saturated carbocycles. The van der Waals surface area contributed by atoms with E-state index >= 15 is 0 Å². The number of nitrogens with one attached hydrogen (secondary N) is 2. The Hall–Kier alpha value is -2.22. The topological polar surface area (TPSA) is 96.2 Å². The molecule has 1 atom stereocenters. The molecule has 2 aliphatic rings. The second-order valence-electron chi connectivity index (χ2n) is 7.80. The predicted octanol–water partition coefficient (Wildman–Crippen LogP) is 2.02. The van der Waals surface area contributed by atoms with Gasteiger partial charge >= 0.3 is 0 Å². The van der Waals surface area contributed by atoms with Crippen molar-refractivity contribution in [2.24, 2.45) is 11.7 Å². The first-order valence-electron chi connectivity index (χ1n) is 10.1. The number of carbonyl (C=O) groups excluding carboxylic acids is 1. The van der Waals surface area contributed by atoms with E-state index in [1.165, 1.54) is 12.8 Å². The molecule has 2 heterocycles. The van der Waals surface area contributed by atoms with E-state index in [0.29, 0.717) is 41.7 Å². The van der Waals surface area contributed by atoms with E-state index in [-0.39, 0.29) is 5.91 Å². The van der Waals surface area contributed by atoms with Gasteiger partial charge in [-0.05, 0) is 55.0 Å². The first kappa shape index (κ1) is 20.1. The molecule has 0 spiro atoms. The Kier molecular flexibility index (Phi) is 5.99. The fourth-order valence-electron chi connectivity index (χ4n) is 3.90. The van der Waals surface area contributed by atoms with E-state index in [0.717, 1.165) is 36.5 Å². The lowest BCUT2D eigenvalue weighted by atomic mass is 10.1. The standard InChI is InChI=1S/C21H27ClN6O/c1-13-8-18(20(29)25-11-16-9-17(22)5-4-15(16)10-23)27-21(26-13)28-7-6-24-12-19(28)14-2-3-14/h4-5,8-9,14,19,24H,2-3,6-7,10-12,23H2,1H3,(H,25,29). The summed E-state index contributed by atoms with van der Waals surface area (Å²) in [5, 5.41) is 7.03. The number of nitrogens with zero attached hydrogens (tertiary/aromatic N) is 3. The number of aromatic nitrogens is 2. The number of rotatable bonds is 6. The molecule has 1 unspecified atom stereocenters. The highest BCUT2D eigenvalue weighted by atomic mass is 35.5. The first-order chi connectivity index (χ1) is 14.0. The lowest BCUT2D eigenvalue weighted by Crippen LogP contribution is -2.53. The molecule has 29 heavy (non-hydrogen) atoms. The Morgan fingerprint density at radius 3 is 2.90 bits per heavy atom. The van der Waals surface area contributed by atoms with Crippen molar-refractivity contribution >= 4 is 23.5 Å². The molecule has 2 fully saturated rings. The van der Waals surface area contributed by atoms with Crippen LogP contribution < -0.4 is 21.3 Å². The van der Waals surface area contributed by atoms with Crippen LogP contribution in [0.25, 0.3) is 0 Å². The van der Waals surface area contributed by atoms with Gasteiger partial charge in [0.2, 0.25) is 5.95 Å². The third kappa shape index (κ3) is 4.69. The van der Waals surface area contributed by atoms with E-state index in [4.69, 9.17) is 17.3 Å². The molecule has 1 saturated heterocycles. The minimum atomic E-state index is -0.224. The molecule has 8 heteroatoms. The fraction of sp³-hybridized carbons (Fsp3) is 0.476. The van der Waals surface area contributed by atoms with Gasteiger partial charge in [-0.2, -0.15) is 0 Å². The van der Waals surface area contributed by atoms with Crippen molar-refractivity contribution < 1.29 is 4.79 Å². The van der Waals surface area contributed by atoms with Gasteiger partial charge in [0.1, 0.15) is 5.69 Å². The van der Waals surface area contributed by atoms with Crippen molar-refractivity contribution in [3.05, 3.63) is 51.8 Å². The van der Waals surface area contributed by atoms with Gasteiger partial charge in [-0.3, -0.25) is 4.79 Å². The quantitative estimate of drug-likeness (QED) is 0.669. The molecule has 4 rings (SSSR count). The maximum absolute atomic E-state index is 12.8. The smallest absolute Gasteiger partial charge is 0.270 e. The van der Waals surface area contributed by atoms with E-state index in [1.807, 2.05) is 19.1 Å². The van der Waals surface area contributed by atoms with Gasteiger partial charge < -0.3 is 21.3 Å². The minimum absolute atomic E-state index is 0.224. The van der Waals surface area contributed by atoms with E-state index in [1.54, 1.807) is 12.1 Å². The maximum atomic E-state index is 12.8. The SMILES string of the molecule is Cc1cc(C(=O)NCc2cc(Cl)ccc2CN)nc(N2CCNCC2C2CC2)n1. The molecule has 1 aromatic carbocycles. The number of halogens is 1. The summed E-state index contributed by atoms with van der Waals surface area (Å²) in [4.78, 5) is 24.3. The van der Waals surface area contributed by atoms with Crippen molar-refractivity contribution in [2.75, 3.05) is 24.5 Å². The summed E-state index contributed by atoms with van der Waals surface area (Å²) < 4.78 is 0. The van der Waals surface area contributed by atoms with Crippen LogP contribution in [0.2, 0.25) is 5.02 Å². The van der Waals surface area contributed by atoms with Crippen LogP contribution in [0.15, 0.2) is 24.3 Å². The van der Waals surface area contributed by atoms with Gasteiger partial charge in [0.25, 0.3) is 5.91 Å². The van der Waals surface area contributed by atoms with Crippen molar-refractivity contribution in [2.45, 2.75) is 38.9 Å². The normalized spacial score (nSPS) is 19.3. The molecular formula is C21H27ClN6O. The zero-order valence-corrected chi connectivity index (χ0v) is 17.4. The number of hydrogen-bond donors (Lipinski definition) is 3. The van der Waals surface area contributed by atoms with Crippen LogP contribution in [0.5, 0.6) is 0 Å². The molecule has 4 N–H and O–H groups in total. The summed E-state index contributed by atoms with van der Waals surface area (Å²) in [5.74, 6) is 1.12. The van der Waals surface area contributed by atoms with Crippen LogP contribution in [0.3, 0.4) is 0 Å². The Labute approximate surface area is 176 Å². The number of nitrogens with two attached hydrogens (primary N) is 1. The van der Waals surface area contributed by atoms with Crippen LogP contribution in [0, 0.1) is 12.8 Å². The highest BCUT2D eigenvalue weighted by molar-refractivity contribution is 6.30. The van der Waals surface area contributed by atoms with Gasteiger partial charge in [-0.1, -0.05) is 17.7 Å². The van der Waals surface area contributed by atoms with Crippen LogP contribution in [0.1, 0.15) is 40.2 Å². The number of piperazine rings is 1. The van der Waals surface area contributed by atoms with Crippen LogP contribution in [0.4, 0.5) is 5.95 Å². The predicted molar refractivity (Wildman–Crippen MR) is 114 cm³/mol. The van der Waals surface area contributed by atoms with Crippen LogP contribution in [-0.4, -0.2) is 41.6 Å². The van der Waals surface area contributed by atoms with E-state index in [2.05, 4.69) is 25.5 Å². The number of benzene rings is 1. The number of carbonyl (C=O) groups is 1. The van der Waals surface area contributed by atoms with Crippen molar-refractivity contribution in [1.29, 1.82) is 0 Å². The largest absolute Gasteiger partial charge is 0.347 e. The Bertz CT molecular complexity index is 901. The van der Waals surface area contributed by atoms with Gasteiger partial charge in [-0.25, -0.2) is 9.97 Å². The number of amides is 1.